The van der Waals surface area contributed by atoms with E-state index in [2.05, 4.69) is 22.1 Å². The summed E-state index contributed by atoms with van der Waals surface area (Å²) in [5.74, 6) is 1.62. The molecule has 3 heterocycles. The standard InChI is InChI=1S/C22H24N4O3S/c1-3-4-5-8-14-30-22-23-20-19(24-25-22)16-10-6-7-11-17(16)26(15(2)27)21(29-20)18-12-9-13-28-18/h6-7,9-13,21H,3-5,8,14H2,1-2H3/t21-/m0/s1. The molecule has 30 heavy (non-hydrogen) atoms. The van der Waals surface area contributed by atoms with E-state index in [0.29, 0.717) is 28.2 Å². The fourth-order valence-corrected chi connectivity index (χ4v) is 4.20. The summed E-state index contributed by atoms with van der Waals surface area (Å²) in [5.41, 5.74) is 1.94. The molecule has 7 nitrogen and oxygen atoms in total. The maximum atomic E-state index is 12.6. The van der Waals surface area contributed by atoms with Crippen molar-refractivity contribution in [3.8, 4) is 17.1 Å². The molecule has 2 aromatic heterocycles. The lowest BCUT2D eigenvalue weighted by molar-refractivity contribution is -0.118. The Labute approximate surface area is 179 Å². The van der Waals surface area contributed by atoms with Gasteiger partial charge in [0.2, 0.25) is 23.2 Å². The Hall–Kier alpha value is -2.87. The van der Waals surface area contributed by atoms with Crippen LogP contribution in [0.15, 0.2) is 52.2 Å². The summed E-state index contributed by atoms with van der Waals surface area (Å²) in [5, 5.41) is 9.29. The van der Waals surface area contributed by atoms with Gasteiger partial charge < -0.3 is 9.15 Å². The van der Waals surface area contributed by atoms with Gasteiger partial charge in [0.15, 0.2) is 11.5 Å². The van der Waals surface area contributed by atoms with Crippen molar-refractivity contribution >= 4 is 23.4 Å². The number of amides is 1. The average molecular weight is 425 g/mol. The number of carbonyl (C=O) groups excluding carboxylic acids is 1. The monoisotopic (exact) mass is 424 g/mol. The van der Waals surface area contributed by atoms with E-state index in [9.17, 15) is 4.79 Å². The molecule has 1 amide bonds. The Morgan fingerprint density at radius 2 is 2.00 bits per heavy atom. The molecule has 4 rings (SSSR count). The number of ether oxygens (including phenoxy) is 1. The van der Waals surface area contributed by atoms with Gasteiger partial charge >= 0.3 is 0 Å². The number of aromatic nitrogens is 3. The zero-order chi connectivity index (χ0) is 20.9. The van der Waals surface area contributed by atoms with E-state index in [0.717, 1.165) is 17.7 Å². The lowest BCUT2D eigenvalue weighted by Gasteiger charge is -2.28. The summed E-state index contributed by atoms with van der Waals surface area (Å²) in [6.07, 6.45) is 5.52. The summed E-state index contributed by atoms with van der Waals surface area (Å²) in [6.45, 7) is 3.70. The van der Waals surface area contributed by atoms with Crippen LogP contribution in [0, 0.1) is 0 Å². The molecule has 0 unspecified atom stereocenters. The van der Waals surface area contributed by atoms with Gasteiger partial charge in [-0.2, -0.15) is 4.98 Å². The third-order valence-electron chi connectivity index (χ3n) is 4.87. The molecule has 0 saturated heterocycles. The number of benzene rings is 1. The van der Waals surface area contributed by atoms with Crippen LogP contribution in [-0.2, 0) is 4.79 Å². The second-order valence-electron chi connectivity index (χ2n) is 7.05. The minimum Gasteiger partial charge on any atom is -0.463 e. The quantitative estimate of drug-likeness (QED) is 0.378. The number of nitrogens with zero attached hydrogens (tertiary/aromatic N) is 4. The van der Waals surface area contributed by atoms with Crippen LogP contribution in [0.1, 0.15) is 51.5 Å². The van der Waals surface area contributed by atoms with Gasteiger partial charge in [-0.25, -0.2) is 0 Å². The minimum atomic E-state index is -0.779. The van der Waals surface area contributed by atoms with Crippen molar-refractivity contribution in [1.29, 1.82) is 0 Å². The fourth-order valence-electron chi connectivity index (χ4n) is 3.42. The highest BCUT2D eigenvalue weighted by Crippen LogP contribution is 2.43. The van der Waals surface area contributed by atoms with Crippen LogP contribution < -0.4 is 9.64 Å². The maximum absolute atomic E-state index is 12.6. The smallest absolute Gasteiger partial charge is 0.247 e. The topological polar surface area (TPSA) is 81.3 Å². The third-order valence-corrected chi connectivity index (χ3v) is 5.79. The second-order valence-corrected chi connectivity index (χ2v) is 8.11. The Balaban J connectivity index is 1.71. The van der Waals surface area contributed by atoms with E-state index >= 15 is 0 Å². The summed E-state index contributed by atoms with van der Waals surface area (Å²) in [4.78, 5) is 18.8. The van der Waals surface area contributed by atoms with E-state index in [1.54, 1.807) is 35.1 Å². The fraction of sp³-hybridized carbons (Fsp3) is 0.364. The van der Waals surface area contributed by atoms with Crippen LogP contribution in [0.3, 0.4) is 0 Å². The van der Waals surface area contributed by atoms with Gasteiger partial charge in [-0.15, -0.1) is 10.2 Å². The summed E-state index contributed by atoms with van der Waals surface area (Å²) in [6, 6.07) is 11.1. The van der Waals surface area contributed by atoms with Crippen LogP contribution in [0.25, 0.3) is 11.3 Å². The number of furan rings is 1. The van der Waals surface area contributed by atoms with Crippen LogP contribution in [0.4, 0.5) is 5.69 Å². The van der Waals surface area contributed by atoms with Crippen molar-refractivity contribution in [2.24, 2.45) is 0 Å². The number of anilines is 1. The lowest BCUT2D eigenvalue weighted by Crippen LogP contribution is -2.35. The highest BCUT2D eigenvalue weighted by Gasteiger charge is 2.35. The van der Waals surface area contributed by atoms with Crippen molar-refractivity contribution in [3.63, 3.8) is 0 Å². The predicted molar refractivity (Wildman–Crippen MR) is 115 cm³/mol. The highest BCUT2D eigenvalue weighted by molar-refractivity contribution is 7.99. The van der Waals surface area contributed by atoms with Gasteiger partial charge in [-0.3, -0.25) is 9.69 Å². The summed E-state index contributed by atoms with van der Waals surface area (Å²) < 4.78 is 11.8. The van der Waals surface area contributed by atoms with Gasteiger partial charge in [0.1, 0.15) is 0 Å². The largest absolute Gasteiger partial charge is 0.463 e. The first kappa shape index (κ1) is 20.4. The highest BCUT2D eigenvalue weighted by atomic mass is 32.2. The normalized spacial score (nSPS) is 15.1. The molecule has 3 aromatic rings. The Morgan fingerprint density at radius 3 is 2.77 bits per heavy atom. The van der Waals surface area contributed by atoms with Crippen molar-refractivity contribution < 1.29 is 13.9 Å². The van der Waals surface area contributed by atoms with E-state index in [-0.39, 0.29) is 5.91 Å². The number of hydrogen-bond acceptors (Lipinski definition) is 7. The van der Waals surface area contributed by atoms with E-state index in [1.807, 2.05) is 24.3 Å². The summed E-state index contributed by atoms with van der Waals surface area (Å²) in [7, 11) is 0. The van der Waals surface area contributed by atoms with Crippen LogP contribution in [-0.4, -0.2) is 26.8 Å². The molecule has 0 radical (unpaired) electrons. The first-order valence-electron chi connectivity index (χ1n) is 10.2. The average Bonchev–Trinajstić information content (AvgIpc) is 3.24. The first-order chi connectivity index (χ1) is 14.7. The number of fused-ring (bicyclic) bond motifs is 3. The number of carbonyl (C=O) groups is 1. The molecule has 1 aromatic carbocycles. The number of hydrogen-bond donors (Lipinski definition) is 0. The molecule has 1 atom stereocenters. The third kappa shape index (κ3) is 4.18. The van der Waals surface area contributed by atoms with Gasteiger partial charge in [0.05, 0.1) is 12.0 Å². The molecule has 0 fully saturated rings. The van der Waals surface area contributed by atoms with Gasteiger partial charge in [0, 0.05) is 18.2 Å². The summed E-state index contributed by atoms with van der Waals surface area (Å²) >= 11 is 1.57. The molecular formula is C22H24N4O3S. The molecule has 1 aliphatic rings. The van der Waals surface area contributed by atoms with Crippen LogP contribution in [0.2, 0.25) is 0 Å². The minimum absolute atomic E-state index is 0.171. The number of unbranched alkanes of at least 4 members (excludes halogenated alkanes) is 3. The Bertz CT molecular complexity index is 1010. The Kier molecular flexibility index (Phi) is 6.32. The zero-order valence-corrected chi connectivity index (χ0v) is 17.9. The molecule has 0 saturated carbocycles. The van der Waals surface area contributed by atoms with Crippen LogP contribution in [0.5, 0.6) is 5.88 Å². The van der Waals surface area contributed by atoms with Gasteiger partial charge in [-0.05, 0) is 24.6 Å². The molecule has 156 valence electrons. The van der Waals surface area contributed by atoms with Crippen molar-refractivity contribution in [2.75, 3.05) is 10.7 Å². The maximum Gasteiger partial charge on any atom is 0.247 e. The van der Waals surface area contributed by atoms with Crippen molar-refractivity contribution in [3.05, 3.63) is 48.4 Å². The van der Waals surface area contributed by atoms with Gasteiger partial charge in [-0.1, -0.05) is 56.1 Å². The number of rotatable bonds is 7. The van der Waals surface area contributed by atoms with Crippen molar-refractivity contribution in [1.82, 2.24) is 15.2 Å². The number of para-hydroxylation sites is 1. The first-order valence-corrected chi connectivity index (χ1v) is 11.1. The SMILES string of the molecule is CCCCCCSc1nnc2c(n1)O[C@@H](c1ccco1)N(C(C)=O)c1ccccc1-2. The molecule has 8 heteroatoms. The lowest BCUT2D eigenvalue weighted by atomic mass is 10.1. The van der Waals surface area contributed by atoms with E-state index in [4.69, 9.17) is 9.15 Å². The zero-order valence-electron chi connectivity index (χ0n) is 17.1. The molecule has 0 N–H and O–H groups in total. The molecule has 0 spiro atoms. The second kappa shape index (κ2) is 9.30. The predicted octanol–water partition coefficient (Wildman–Crippen LogP) is 5.25. The van der Waals surface area contributed by atoms with Crippen molar-refractivity contribution in [2.45, 2.75) is 50.9 Å². The van der Waals surface area contributed by atoms with Crippen LogP contribution >= 0.6 is 11.8 Å². The Morgan fingerprint density at radius 1 is 1.13 bits per heavy atom. The molecule has 0 aliphatic carbocycles. The van der Waals surface area contributed by atoms with E-state index in [1.165, 1.54) is 26.2 Å². The van der Waals surface area contributed by atoms with Gasteiger partial charge in [0.25, 0.3) is 0 Å². The van der Waals surface area contributed by atoms with E-state index < -0.39 is 6.23 Å². The molecule has 0 bridgehead atoms. The number of thioether (sulfide) groups is 1. The molecular weight excluding hydrogens is 400 g/mol. The molecule has 1 aliphatic heterocycles.